The predicted molar refractivity (Wildman–Crippen MR) is 110 cm³/mol. The molecule has 0 N–H and O–H groups in total. The van der Waals surface area contributed by atoms with Gasteiger partial charge in [-0.05, 0) is 37.1 Å². The van der Waals surface area contributed by atoms with Crippen molar-refractivity contribution in [2.75, 3.05) is 13.7 Å². The van der Waals surface area contributed by atoms with Gasteiger partial charge in [0.2, 0.25) is 5.75 Å². The largest absolute Gasteiger partial charge is 0.492 e. The van der Waals surface area contributed by atoms with E-state index in [1.807, 2.05) is 6.08 Å². The molecule has 0 fully saturated rings. The zero-order valence-electron chi connectivity index (χ0n) is 16.3. The molecule has 1 aromatic heterocycles. The average Bonchev–Trinajstić information content (AvgIpc) is 2.74. The molecule has 3 rings (SSSR count). The summed E-state index contributed by atoms with van der Waals surface area (Å²) in [6, 6.07) is 13.5. The van der Waals surface area contributed by atoms with Crippen molar-refractivity contribution in [1.82, 2.24) is 0 Å². The topological polar surface area (TPSA) is 75.0 Å². The molecule has 1 heterocycles. The number of rotatable bonds is 8. The molecule has 0 saturated heterocycles. The van der Waals surface area contributed by atoms with Crippen molar-refractivity contribution < 1.29 is 23.4 Å². The second kappa shape index (κ2) is 9.59. The lowest BCUT2D eigenvalue weighted by molar-refractivity contribution is 0.0731. The lowest BCUT2D eigenvalue weighted by Gasteiger charge is -2.14. The number of ether oxygens (including phenoxy) is 3. The van der Waals surface area contributed by atoms with Crippen LogP contribution in [-0.2, 0) is 0 Å². The van der Waals surface area contributed by atoms with E-state index in [0.717, 1.165) is 12.8 Å². The van der Waals surface area contributed by atoms with Gasteiger partial charge in [0, 0.05) is 0 Å². The van der Waals surface area contributed by atoms with Crippen LogP contribution in [0.4, 0.5) is 0 Å². The summed E-state index contributed by atoms with van der Waals surface area (Å²) in [6.07, 6.45) is 5.76. The van der Waals surface area contributed by atoms with Crippen molar-refractivity contribution in [2.24, 2.45) is 0 Å². The Morgan fingerprint density at radius 3 is 2.55 bits per heavy atom. The molecule has 0 bridgehead atoms. The van der Waals surface area contributed by atoms with Crippen LogP contribution in [0.1, 0.15) is 30.1 Å². The molecular formula is C23H22O6. The maximum Gasteiger partial charge on any atom is 0.383 e. The number of allylic oxidation sites excluding steroid dienone is 1. The second-order valence-electron chi connectivity index (χ2n) is 6.15. The monoisotopic (exact) mass is 394 g/mol. The van der Waals surface area contributed by atoms with Gasteiger partial charge in [0.05, 0.1) is 19.3 Å². The van der Waals surface area contributed by atoms with E-state index in [4.69, 9.17) is 18.6 Å². The Bertz CT molecular complexity index is 1070. The molecule has 0 radical (unpaired) electrons. The summed E-state index contributed by atoms with van der Waals surface area (Å²) in [6.45, 7) is 2.48. The lowest BCUT2D eigenvalue weighted by Crippen LogP contribution is -2.13. The maximum atomic E-state index is 12.6. The second-order valence-corrected chi connectivity index (χ2v) is 6.15. The number of benzene rings is 2. The van der Waals surface area contributed by atoms with Crippen LogP contribution in [0.5, 0.6) is 17.2 Å². The highest BCUT2D eigenvalue weighted by molar-refractivity contribution is 5.97. The number of carbonyl (C=O) groups is 1. The molecule has 0 saturated carbocycles. The first-order chi connectivity index (χ1) is 14.2. The third kappa shape index (κ3) is 4.66. The summed E-state index contributed by atoms with van der Waals surface area (Å²) in [5, 5.41) is 0.368. The third-order valence-corrected chi connectivity index (χ3v) is 4.16. The summed E-state index contributed by atoms with van der Waals surface area (Å²) in [5.74, 6) is -0.391. The van der Waals surface area contributed by atoms with E-state index in [0.29, 0.717) is 23.3 Å². The Morgan fingerprint density at radius 2 is 1.83 bits per heavy atom. The highest BCUT2D eigenvalue weighted by Gasteiger charge is 2.23. The van der Waals surface area contributed by atoms with Crippen LogP contribution >= 0.6 is 0 Å². The highest BCUT2D eigenvalue weighted by Crippen LogP contribution is 2.39. The average molecular weight is 394 g/mol. The lowest BCUT2D eigenvalue weighted by atomic mass is 10.2. The molecule has 3 aromatic rings. The smallest absolute Gasteiger partial charge is 0.383 e. The molecule has 0 amide bonds. The van der Waals surface area contributed by atoms with Gasteiger partial charge in [-0.15, -0.1) is 0 Å². The Hall–Kier alpha value is -3.54. The Kier molecular flexibility index (Phi) is 6.68. The van der Waals surface area contributed by atoms with Gasteiger partial charge in [0.15, 0.2) is 5.75 Å². The van der Waals surface area contributed by atoms with Crippen LogP contribution < -0.4 is 19.8 Å². The van der Waals surface area contributed by atoms with E-state index in [2.05, 4.69) is 13.0 Å². The molecular weight excluding hydrogens is 372 g/mol. The minimum Gasteiger partial charge on any atom is -0.492 e. The van der Waals surface area contributed by atoms with Crippen molar-refractivity contribution in [1.29, 1.82) is 0 Å². The van der Waals surface area contributed by atoms with Crippen molar-refractivity contribution in [3.8, 4) is 17.2 Å². The van der Waals surface area contributed by atoms with E-state index >= 15 is 0 Å². The minimum atomic E-state index is -0.737. The van der Waals surface area contributed by atoms with Gasteiger partial charge < -0.3 is 18.6 Å². The Balaban J connectivity index is 2.04. The molecule has 0 spiro atoms. The van der Waals surface area contributed by atoms with Crippen molar-refractivity contribution in [3.05, 3.63) is 76.7 Å². The molecule has 0 aliphatic carbocycles. The Labute approximate surface area is 168 Å². The molecule has 150 valence electrons. The number of esters is 1. The van der Waals surface area contributed by atoms with Gasteiger partial charge >= 0.3 is 11.6 Å². The molecule has 0 unspecified atom stereocenters. The van der Waals surface area contributed by atoms with E-state index in [1.54, 1.807) is 48.5 Å². The molecule has 6 nitrogen and oxygen atoms in total. The molecule has 0 atom stereocenters. The van der Waals surface area contributed by atoms with Crippen LogP contribution in [0.25, 0.3) is 11.0 Å². The summed E-state index contributed by atoms with van der Waals surface area (Å²) >= 11 is 0. The quantitative estimate of drug-likeness (QED) is 0.237. The van der Waals surface area contributed by atoms with Gasteiger partial charge in [0.25, 0.3) is 0 Å². The van der Waals surface area contributed by atoms with Gasteiger partial charge in [-0.3, -0.25) is 0 Å². The van der Waals surface area contributed by atoms with E-state index in [9.17, 15) is 9.59 Å². The summed E-state index contributed by atoms with van der Waals surface area (Å²) < 4.78 is 22.0. The molecule has 29 heavy (non-hydrogen) atoms. The van der Waals surface area contributed by atoms with Gasteiger partial charge in [-0.25, -0.2) is 9.59 Å². The van der Waals surface area contributed by atoms with Crippen LogP contribution in [-0.4, -0.2) is 19.7 Å². The normalized spacial score (nSPS) is 11.0. The summed E-state index contributed by atoms with van der Waals surface area (Å²) in [5.41, 5.74) is -0.147. The summed E-state index contributed by atoms with van der Waals surface area (Å²) in [4.78, 5) is 24.9. The molecule has 0 aliphatic rings. The van der Waals surface area contributed by atoms with Gasteiger partial charge in [0.1, 0.15) is 16.7 Å². The predicted octanol–water partition coefficient (Wildman–Crippen LogP) is 4.76. The standard InChI is InChI=1S/C23H22O6/c1-3-4-5-9-15-27-17-13-10-14-18-19(17)20(21(26-2)23(25)28-18)29-22(24)16-11-7-6-8-12-16/h4-8,10-14H,3,9,15H2,1-2H3/b5-4+. The number of hydrogen-bond acceptors (Lipinski definition) is 6. The molecule has 2 aromatic carbocycles. The van der Waals surface area contributed by atoms with Crippen LogP contribution in [0.2, 0.25) is 0 Å². The summed E-state index contributed by atoms with van der Waals surface area (Å²) in [7, 11) is 1.32. The first-order valence-electron chi connectivity index (χ1n) is 9.34. The molecule has 0 aliphatic heterocycles. The maximum absolute atomic E-state index is 12.6. The van der Waals surface area contributed by atoms with Gasteiger partial charge in [-0.1, -0.05) is 43.3 Å². The number of hydrogen-bond donors (Lipinski definition) is 0. The molecule has 6 heteroatoms. The van der Waals surface area contributed by atoms with Crippen LogP contribution in [0.15, 0.2) is 69.9 Å². The fraction of sp³-hybridized carbons (Fsp3) is 0.217. The zero-order chi connectivity index (χ0) is 20.6. The minimum absolute atomic E-state index is 0.0210. The zero-order valence-corrected chi connectivity index (χ0v) is 16.3. The number of methoxy groups -OCH3 is 1. The van der Waals surface area contributed by atoms with E-state index in [-0.39, 0.29) is 17.1 Å². The van der Waals surface area contributed by atoms with E-state index in [1.165, 1.54) is 7.11 Å². The van der Waals surface area contributed by atoms with Crippen molar-refractivity contribution >= 4 is 16.9 Å². The first kappa shape index (κ1) is 20.2. The van der Waals surface area contributed by atoms with Crippen molar-refractivity contribution in [2.45, 2.75) is 19.8 Å². The van der Waals surface area contributed by atoms with Crippen molar-refractivity contribution in [3.63, 3.8) is 0 Å². The Morgan fingerprint density at radius 1 is 1.03 bits per heavy atom. The number of carbonyl (C=O) groups excluding carboxylic acids is 1. The number of fused-ring (bicyclic) bond motifs is 1. The fourth-order valence-electron chi connectivity index (χ4n) is 2.81. The third-order valence-electron chi connectivity index (χ3n) is 4.16. The van der Waals surface area contributed by atoms with Crippen LogP contribution in [0.3, 0.4) is 0 Å². The van der Waals surface area contributed by atoms with Gasteiger partial charge in [-0.2, -0.15) is 0 Å². The van der Waals surface area contributed by atoms with Crippen LogP contribution in [0, 0.1) is 0 Å². The fourth-order valence-corrected chi connectivity index (χ4v) is 2.81. The highest BCUT2D eigenvalue weighted by atomic mass is 16.6. The first-order valence-corrected chi connectivity index (χ1v) is 9.34. The SMILES string of the molecule is CC/C=C/CCOc1cccc2oc(=O)c(OC)c(OC(=O)c3ccccc3)c12. The van der Waals surface area contributed by atoms with E-state index < -0.39 is 11.6 Å².